The molecule has 0 bridgehead atoms. The summed E-state index contributed by atoms with van der Waals surface area (Å²) in [5.74, 6) is 1.64. The fraction of sp³-hybridized carbons (Fsp3) is 0.500. The van der Waals surface area contributed by atoms with Crippen molar-refractivity contribution in [1.29, 1.82) is 0 Å². The van der Waals surface area contributed by atoms with Gasteiger partial charge in [0.25, 0.3) is 0 Å². The third-order valence-electron chi connectivity index (χ3n) is 4.58. The van der Waals surface area contributed by atoms with Crippen molar-refractivity contribution in [3.05, 3.63) is 52.5 Å². The molecule has 112 valence electrons. The molecule has 1 fully saturated rings. The molecule has 0 aliphatic heterocycles. The molecule has 2 aromatic rings. The van der Waals surface area contributed by atoms with Crippen molar-refractivity contribution in [3.8, 4) is 0 Å². The van der Waals surface area contributed by atoms with Crippen molar-refractivity contribution < 1.29 is 0 Å². The second kappa shape index (κ2) is 7.19. The third kappa shape index (κ3) is 4.14. The molecule has 0 radical (unpaired) electrons. The summed E-state index contributed by atoms with van der Waals surface area (Å²) in [4.78, 5) is 6.81. The van der Waals surface area contributed by atoms with Crippen LogP contribution in [-0.4, -0.2) is 23.5 Å². The molecule has 1 saturated carbocycles. The lowest BCUT2D eigenvalue weighted by molar-refractivity contribution is 0.218. The number of hydrogen-bond donors (Lipinski definition) is 0. The van der Waals surface area contributed by atoms with Gasteiger partial charge in [0.15, 0.2) is 0 Å². The van der Waals surface area contributed by atoms with Gasteiger partial charge in [-0.25, -0.2) is 4.98 Å². The average Bonchev–Trinajstić information content (AvgIpc) is 3.02. The van der Waals surface area contributed by atoms with E-state index in [1.54, 1.807) is 11.3 Å². The zero-order chi connectivity index (χ0) is 14.5. The quantitative estimate of drug-likeness (QED) is 0.805. The van der Waals surface area contributed by atoms with Crippen molar-refractivity contribution in [2.45, 2.75) is 38.1 Å². The largest absolute Gasteiger partial charge is 0.299 e. The molecule has 0 spiro atoms. The summed E-state index contributed by atoms with van der Waals surface area (Å²) in [6.45, 7) is 2.21. The first-order valence-electron chi connectivity index (χ1n) is 7.93. The highest BCUT2D eigenvalue weighted by molar-refractivity contribution is 7.09. The minimum absolute atomic E-state index is 0.784. The van der Waals surface area contributed by atoms with Gasteiger partial charge >= 0.3 is 0 Å². The first-order valence-corrected chi connectivity index (χ1v) is 8.81. The van der Waals surface area contributed by atoms with Crippen LogP contribution in [0.2, 0.25) is 0 Å². The minimum Gasteiger partial charge on any atom is -0.299 e. The van der Waals surface area contributed by atoms with E-state index in [0.717, 1.165) is 18.4 Å². The number of benzene rings is 1. The lowest BCUT2D eigenvalue weighted by atomic mass is 9.78. The smallest absolute Gasteiger partial charge is 0.107 e. The van der Waals surface area contributed by atoms with E-state index in [1.807, 2.05) is 6.20 Å². The van der Waals surface area contributed by atoms with Gasteiger partial charge in [0, 0.05) is 18.1 Å². The van der Waals surface area contributed by atoms with Gasteiger partial charge in [-0.2, -0.15) is 0 Å². The summed E-state index contributed by atoms with van der Waals surface area (Å²) in [7, 11) is 2.23. The Hall–Kier alpha value is -1.19. The topological polar surface area (TPSA) is 16.1 Å². The molecule has 1 aliphatic rings. The maximum absolute atomic E-state index is 4.38. The molecule has 1 aromatic carbocycles. The predicted molar refractivity (Wildman–Crippen MR) is 89.6 cm³/mol. The van der Waals surface area contributed by atoms with E-state index in [0.29, 0.717) is 0 Å². The van der Waals surface area contributed by atoms with Crippen LogP contribution in [0.15, 0.2) is 41.9 Å². The second-order valence-corrected chi connectivity index (χ2v) is 7.23. The van der Waals surface area contributed by atoms with Crippen molar-refractivity contribution in [3.63, 3.8) is 0 Å². The Balaban J connectivity index is 1.45. The van der Waals surface area contributed by atoms with E-state index in [-0.39, 0.29) is 0 Å². The van der Waals surface area contributed by atoms with E-state index in [1.165, 1.54) is 42.8 Å². The van der Waals surface area contributed by atoms with Gasteiger partial charge in [-0.3, -0.25) is 4.90 Å². The molecule has 3 rings (SSSR count). The maximum Gasteiger partial charge on any atom is 0.107 e. The molecule has 0 atom stereocenters. The maximum atomic E-state index is 4.38. The van der Waals surface area contributed by atoms with E-state index in [2.05, 4.69) is 52.6 Å². The Morgan fingerprint density at radius 2 is 1.90 bits per heavy atom. The number of aromatic nitrogens is 1. The van der Waals surface area contributed by atoms with E-state index in [9.17, 15) is 0 Å². The van der Waals surface area contributed by atoms with Crippen LogP contribution in [0.1, 0.15) is 42.2 Å². The van der Waals surface area contributed by atoms with Crippen LogP contribution >= 0.6 is 11.3 Å². The normalized spacial score (nSPS) is 22.6. The van der Waals surface area contributed by atoms with Gasteiger partial charge in [-0.05, 0) is 50.1 Å². The molecule has 3 heteroatoms. The number of nitrogens with zero attached hydrogens (tertiary/aromatic N) is 2. The summed E-state index contributed by atoms with van der Waals surface area (Å²) >= 11 is 1.76. The highest BCUT2D eigenvalue weighted by Gasteiger charge is 2.23. The Labute approximate surface area is 131 Å². The summed E-state index contributed by atoms with van der Waals surface area (Å²) in [6.07, 6.45) is 7.32. The second-order valence-electron chi connectivity index (χ2n) is 6.25. The summed E-state index contributed by atoms with van der Waals surface area (Å²) in [5, 5.41) is 3.30. The number of thiazole rings is 1. The summed E-state index contributed by atoms with van der Waals surface area (Å²) in [6, 6.07) is 11.0. The van der Waals surface area contributed by atoms with Crippen LogP contribution in [0.3, 0.4) is 0 Å². The first-order chi connectivity index (χ1) is 10.3. The van der Waals surface area contributed by atoms with Gasteiger partial charge in [0.2, 0.25) is 0 Å². The molecule has 0 amide bonds. The zero-order valence-electron chi connectivity index (χ0n) is 12.7. The standard InChI is InChI=1S/C18H24N2S/c1-20(14-18-19-11-12-21-18)13-15-7-9-17(10-8-15)16-5-3-2-4-6-16/h2-6,11-12,15,17H,7-10,13-14H2,1H3. The molecular formula is C18H24N2S. The molecule has 2 nitrogen and oxygen atoms in total. The van der Waals surface area contributed by atoms with Gasteiger partial charge < -0.3 is 0 Å². The molecule has 0 saturated heterocycles. The molecular weight excluding hydrogens is 276 g/mol. The SMILES string of the molecule is CN(Cc1nccs1)CC1CCC(c2ccccc2)CC1. The fourth-order valence-corrected chi connectivity index (χ4v) is 4.17. The van der Waals surface area contributed by atoms with Crippen LogP contribution in [0.5, 0.6) is 0 Å². The highest BCUT2D eigenvalue weighted by atomic mass is 32.1. The van der Waals surface area contributed by atoms with E-state index in [4.69, 9.17) is 0 Å². The van der Waals surface area contributed by atoms with Crippen LogP contribution < -0.4 is 0 Å². The van der Waals surface area contributed by atoms with Crippen molar-refractivity contribution in [2.24, 2.45) is 5.92 Å². The van der Waals surface area contributed by atoms with Crippen LogP contribution in [-0.2, 0) is 6.54 Å². The van der Waals surface area contributed by atoms with Crippen LogP contribution in [0.25, 0.3) is 0 Å². The highest BCUT2D eigenvalue weighted by Crippen LogP contribution is 2.35. The van der Waals surface area contributed by atoms with Gasteiger partial charge in [-0.1, -0.05) is 30.3 Å². The van der Waals surface area contributed by atoms with Crippen LogP contribution in [0, 0.1) is 5.92 Å². The average molecular weight is 300 g/mol. The van der Waals surface area contributed by atoms with Crippen molar-refractivity contribution >= 4 is 11.3 Å². The molecule has 21 heavy (non-hydrogen) atoms. The molecule has 1 aliphatic carbocycles. The summed E-state index contributed by atoms with van der Waals surface area (Å²) < 4.78 is 0. The van der Waals surface area contributed by atoms with Gasteiger partial charge in [-0.15, -0.1) is 11.3 Å². The molecule has 0 unspecified atom stereocenters. The zero-order valence-corrected chi connectivity index (χ0v) is 13.6. The summed E-state index contributed by atoms with van der Waals surface area (Å²) in [5.41, 5.74) is 1.53. The lowest BCUT2D eigenvalue weighted by Crippen LogP contribution is -2.28. The third-order valence-corrected chi connectivity index (χ3v) is 5.34. The molecule has 0 N–H and O–H groups in total. The molecule has 1 aromatic heterocycles. The van der Waals surface area contributed by atoms with Gasteiger partial charge in [0.1, 0.15) is 5.01 Å². The minimum atomic E-state index is 0.784. The van der Waals surface area contributed by atoms with Crippen molar-refractivity contribution in [2.75, 3.05) is 13.6 Å². The van der Waals surface area contributed by atoms with Crippen LogP contribution in [0.4, 0.5) is 0 Å². The molecule has 1 heterocycles. The predicted octanol–water partition coefficient (Wildman–Crippen LogP) is 4.55. The van der Waals surface area contributed by atoms with E-state index < -0.39 is 0 Å². The van der Waals surface area contributed by atoms with Gasteiger partial charge in [0.05, 0.1) is 6.54 Å². The van der Waals surface area contributed by atoms with E-state index >= 15 is 0 Å². The number of hydrogen-bond acceptors (Lipinski definition) is 3. The number of rotatable bonds is 5. The lowest BCUT2D eigenvalue weighted by Gasteiger charge is -2.31. The Morgan fingerprint density at radius 1 is 1.14 bits per heavy atom. The monoisotopic (exact) mass is 300 g/mol. The Bertz CT molecular complexity index is 515. The fourth-order valence-electron chi connectivity index (χ4n) is 3.47. The Kier molecular flexibility index (Phi) is 5.04. The Morgan fingerprint density at radius 3 is 2.57 bits per heavy atom. The van der Waals surface area contributed by atoms with Crippen molar-refractivity contribution in [1.82, 2.24) is 9.88 Å². The first kappa shape index (κ1) is 14.7.